The molecule has 0 aliphatic carbocycles. The SMILES string of the molecule is O=C(CSc1ccc2nncn2n1)Nc1ccc(F)c(Cl)c1. The van der Waals surface area contributed by atoms with Crippen LogP contribution in [0.3, 0.4) is 0 Å². The molecule has 0 atom stereocenters. The Bertz CT molecular complexity index is 840. The van der Waals surface area contributed by atoms with Crippen molar-refractivity contribution >= 4 is 40.6 Å². The first-order chi connectivity index (χ1) is 10.6. The maximum Gasteiger partial charge on any atom is 0.234 e. The molecular weight excluding hydrogens is 329 g/mol. The van der Waals surface area contributed by atoms with Crippen LogP contribution in [0.4, 0.5) is 10.1 Å². The summed E-state index contributed by atoms with van der Waals surface area (Å²) in [6.07, 6.45) is 1.49. The summed E-state index contributed by atoms with van der Waals surface area (Å²) in [5, 5.41) is 15.1. The fourth-order valence-electron chi connectivity index (χ4n) is 1.70. The number of halogens is 2. The van der Waals surface area contributed by atoms with E-state index in [-0.39, 0.29) is 16.7 Å². The van der Waals surface area contributed by atoms with Crippen LogP contribution in [0.5, 0.6) is 0 Å². The summed E-state index contributed by atoms with van der Waals surface area (Å²) in [5.41, 5.74) is 1.08. The predicted molar refractivity (Wildman–Crippen MR) is 81.5 cm³/mol. The van der Waals surface area contributed by atoms with Crippen molar-refractivity contribution in [2.24, 2.45) is 0 Å². The molecule has 2 heterocycles. The minimum Gasteiger partial charge on any atom is -0.325 e. The molecule has 0 saturated carbocycles. The molecule has 0 aliphatic heterocycles. The Labute approximate surface area is 133 Å². The second-order valence-electron chi connectivity index (χ2n) is 4.27. The highest BCUT2D eigenvalue weighted by atomic mass is 35.5. The fourth-order valence-corrected chi connectivity index (χ4v) is 2.54. The number of rotatable bonds is 4. The summed E-state index contributed by atoms with van der Waals surface area (Å²) in [6.45, 7) is 0. The molecule has 22 heavy (non-hydrogen) atoms. The molecule has 112 valence electrons. The molecule has 3 rings (SSSR count). The smallest absolute Gasteiger partial charge is 0.234 e. The van der Waals surface area contributed by atoms with Crippen molar-refractivity contribution in [1.29, 1.82) is 0 Å². The lowest BCUT2D eigenvalue weighted by Crippen LogP contribution is -2.14. The maximum absolute atomic E-state index is 13.0. The van der Waals surface area contributed by atoms with Crippen LogP contribution in [0.15, 0.2) is 41.7 Å². The largest absolute Gasteiger partial charge is 0.325 e. The normalized spacial score (nSPS) is 10.8. The van der Waals surface area contributed by atoms with Crippen LogP contribution in [0.1, 0.15) is 0 Å². The van der Waals surface area contributed by atoms with Crippen molar-refractivity contribution in [1.82, 2.24) is 19.8 Å². The van der Waals surface area contributed by atoms with Gasteiger partial charge in [0.2, 0.25) is 5.91 Å². The monoisotopic (exact) mass is 337 g/mol. The van der Waals surface area contributed by atoms with Crippen molar-refractivity contribution in [2.45, 2.75) is 5.03 Å². The van der Waals surface area contributed by atoms with Crippen LogP contribution >= 0.6 is 23.4 Å². The zero-order valence-corrected chi connectivity index (χ0v) is 12.6. The number of amides is 1. The van der Waals surface area contributed by atoms with E-state index < -0.39 is 5.82 Å². The highest BCUT2D eigenvalue weighted by Crippen LogP contribution is 2.20. The van der Waals surface area contributed by atoms with Gasteiger partial charge in [0.25, 0.3) is 0 Å². The van der Waals surface area contributed by atoms with Crippen LogP contribution in [0, 0.1) is 5.82 Å². The second kappa shape index (κ2) is 6.29. The number of nitrogens with zero attached hydrogens (tertiary/aromatic N) is 4. The van der Waals surface area contributed by atoms with E-state index in [1.807, 2.05) is 0 Å². The summed E-state index contributed by atoms with van der Waals surface area (Å²) in [4.78, 5) is 11.9. The zero-order valence-electron chi connectivity index (χ0n) is 11.0. The highest BCUT2D eigenvalue weighted by Gasteiger charge is 2.07. The highest BCUT2D eigenvalue weighted by molar-refractivity contribution is 7.99. The van der Waals surface area contributed by atoms with Gasteiger partial charge in [0, 0.05) is 5.69 Å². The average molecular weight is 338 g/mol. The third-order valence-electron chi connectivity index (χ3n) is 2.69. The van der Waals surface area contributed by atoms with Gasteiger partial charge in [-0.3, -0.25) is 4.79 Å². The van der Waals surface area contributed by atoms with E-state index >= 15 is 0 Å². The first kappa shape index (κ1) is 14.7. The number of nitrogens with one attached hydrogen (secondary N) is 1. The number of benzene rings is 1. The molecule has 0 radical (unpaired) electrons. The Morgan fingerprint density at radius 1 is 1.36 bits per heavy atom. The Morgan fingerprint density at radius 3 is 3.05 bits per heavy atom. The van der Waals surface area contributed by atoms with Gasteiger partial charge in [-0.05, 0) is 30.3 Å². The van der Waals surface area contributed by atoms with Crippen molar-refractivity contribution in [3.63, 3.8) is 0 Å². The average Bonchev–Trinajstić information content (AvgIpc) is 2.96. The zero-order chi connectivity index (χ0) is 15.5. The van der Waals surface area contributed by atoms with Gasteiger partial charge in [-0.1, -0.05) is 23.4 Å². The van der Waals surface area contributed by atoms with Gasteiger partial charge in [0.1, 0.15) is 17.2 Å². The fraction of sp³-hybridized carbons (Fsp3) is 0.0769. The minimum atomic E-state index is -0.527. The number of thioether (sulfide) groups is 1. The Balaban J connectivity index is 1.60. The Hall–Kier alpha value is -2.19. The molecule has 1 aromatic carbocycles. The van der Waals surface area contributed by atoms with Gasteiger partial charge >= 0.3 is 0 Å². The summed E-state index contributed by atoms with van der Waals surface area (Å²) < 4.78 is 14.6. The number of hydrogen-bond donors (Lipinski definition) is 1. The van der Waals surface area contributed by atoms with E-state index in [1.165, 1.54) is 40.8 Å². The number of anilines is 1. The van der Waals surface area contributed by atoms with E-state index in [1.54, 1.807) is 12.1 Å². The van der Waals surface area contributed by atoms with Crippen LogP contribution in [-0.4, -0.2) is 31.5 Å². The number of fused-ring (bicyclic) bond motifs is 1. The van der Waals surface area contributed by atoms with Gasteiger partial charge in [-0.25, -0.2) is 4.39 Å². The van der Waals surface area contributed by atoms with E-state index in [0.717, 1.165) is 0 Å². The molecule has 0 spiro atoms. The third-order valence-corrected chi connectivity index (χ3v) is 3.90. The first-order valence-corrected chi connectivity index (χ1v) is 7.53. The second-order valence-corrected chi connectivity index (χ2v) is 5.67. The quantitative estimate of drug-likeness (QED) is 0.741. The van der Waals surface area contributed by atoms with Gasteiger partial charge < -0.3 is 5.32 Å². The number of aromatic nitrogens is 4. The number of carbonyl (C=O) groups excluding carboxylic acids is 1. The third kappa shape index (κ3) is 3.34. The van der Waals surface area contributed by atoms with Crippen LogP contribution in [-0.2, 0) is 4.79 Å². The van der Waals surface area contributed by atoms with Gasteiger partial charge in [-0.15, -0.1) is 10.2 Å². The standard InChI is InChI=1S/C13H9ClFN5OS/c14-9-5-8(1-2-10(9)15)17-12(21)6-22-13-4-3-11-18-16-7-20(11)19-13/h1-5,7H,6H2,(H,17,21). The summed E-state index contributed by atoms with van der Waals surface area (Å²) >= 11 is 6.93. The number of hydrogen-bond acceptors (Lipinski definition) is 5. The maximum atomic E-state index is 13.0. The van der Waals surface area contributed by atoms with Gasteiger partial charge in [0.05, 0.1) is 10.8 Å². The lowest BCUT2D eigenvalue weighted by Gasteiger charge is -2.05. The molecule has 1 N–H and O–H groups in total. The van der Waals surface area contributed by atoms with E-state index in [2.05, 4.69) is 20.6 Å². The molecule has 0 bridgehead atoms. The van der Waals surface area contributed by atoms with E-state index in [4.69, 9.17) is 11.6 Å². The number of carbonyl (C=O) groups is 1. The van der Waals surface area contributed by atoms with Crippen molar-refractivity contribution in [2.75, 3.05) is 11.1 Å². The Kier molecular flexibility index (Phi) is 4.21. The molecular formula is C13H9ClFN5OS. The molecule has 6 nitrogen and oxygen atoms in total. The van der Waals surface area contributed by atoms with Crippen LogP contribution < -0.4 is 5.32 Å². The van der Waals surface area contributed by atoms with E-state index in [0.29, 0.717) is 16.4 Å². The lowest BCUT2D eigenvalue weighted by atomic mass is 10.3. The Morgan fingerprint density at radius 2 is 2.23 bits per heavy atom. The molecule has 0 unspecified atom stereocenters. The molecule has 0 fully saturated rings. The predicted octanol–water partition coefficient (Wildman–Crippen LogP) is 2.65. The van der Waals surface area contributed by atoms with Gasteiger partial charge in [0.15, 0.2) is 5.65 Å². The van der Waals surface area contributed by atoms with Crippen molar-refractivity contribution in [3.8, 4) is 0 Å². The van der Waals surface area contributed by atoms with Crippen LogP contribution in [0.25, 0.3) is 5.65 Å². The summed E-state index contributed by atoms with van der Waals surface area (Å²) in [6, 6.07) is 7.54. The minimum absolute atomic E-state index is 0.0369. The summed E-state index contributed by atoms with van der Waals surface area (Å²) in [5.74, 6) is -0.603. The lowest BCUT2D eigenvalue weighted by molar-refractivity contribution is -0.113. The van der Waals surface area contributed by atoms with Gasteiger partial charge in [-0.2, -0.15) is 9.61 Å². The van der Waals surface area contributed by atoms with E-state index in [9.17, 15) is 9.18 Å². The molecule has 2 aromatic heterocycles. The van der Waals surface area contributed by atoms with Crippen LogP contribution in [0.2, 0.25) is 5.02 Å². The van der Waals surface area contributed by atoms with Crippen molar-refractivity contribution < 1.29 is 9.18 Å². The molecule has 1 amide bonds. The first-order valence-electron chi connectivity index (χ1n) is 6.16. The molecule has 3 aromatic rings. The topological polar surface area (TPSA) is 72.2 Å². The molecule has 0 aliphatic rings. The molecule has 9 heteroatoms. The van der Waals surface area contributed by atoms with Crippen molar-refractivity contribution in [3.05, 3.63) is 47.5 Å². The molecule has 0 saturated heterocycles. The summed E-state index contributed by atoms with van der Waals surface area (Å²) in [7, 11) is 0.